The standard InChI is InChI=1S/C12H17N5O2/c1-4-16-7-13-5-9(16)6-17-11(8(2)3)10(12(18)19)14-15-17/h5,7-8H,4,6H2,1-3H3,(H,18,19). The van der Waals surface area contributed by atoms with Gasteiger partial charge in [-0.2, -0.15) is 0 Å². The molecule has 102 valence electrons. The molecule has 0 aromatic carbocycles. The molecule has 2 rings (SSSR count). The lowest BCUT2D eigenvalue weighted by atomic mass is 10.1. The average Bonchev–Trinajstić information content (AvgIpc) is 2.95. The zero-order chi connectivity index (χ0) is 14.0. The van der Waals surface area contributed by atoms with Gasteiger partial charge in [0.25, 0.3) is 0 Å². The lowest BCUT2D eigenvalue weighted by molar-refractivity contribution is 0.0688. The minimum absolute atomic E-state index is 0.0255. The normalized spacial score (nSPS) is 11.2. The Morgan fingerprint density at radius 2 is 2.21 bits per heavy atom. The average molecular weight is 263 g/mol. The Bertz CT molecular complexity index is 585. The van der Waals surface area contributed by atoms with E-state index in [0.29, 0.717) is 12.2 Å². The van der Waals surface area contributed by atoms with Gasteiger partial charge in [-0.15, -0.1) is 5.10 Å². The molecule has 0 amide bonds. The fourth-order valence-electron chi connectivity index (χ4n) is 2.08. The third kappa shape index (κ3) is 2.49. The van der Waals surface area contributed by atoms with Gasteiger partial charge in [0.2, 0.25) is 0 Å². The highest BCUT2D eigenvalue weighted by atomic mass is 16.4. The zero-order valence-electron chi connectivity index (χ0n) is 11.2. The topological polar surface area (TPSA) is 85.8 Å². The van der Waals surface area contributed by atoms with E-state index in [-0.39, 0.29) is 11.6 Å². The Kier molecular flexibility index (Phi) is 3.64. The van der Waals surface area contributed by atoms with E-state index in [9.17, 15) is 4.79 Å². The van der Waals surface area contributed by atoms with Crippen molar-refractivity contribution < 1.29 is 9.90 Å². The summed E-state index contributed by atoms with van der Waals surface area (Å²) in [6.07, 6.45) is 3.51. The molecule has 7 nitrogen and oxygen atoms in total. The largest absolute Gasteiger partial charge is 0.476 e. The Morgan fingerprint density at radius 1 is 1.47 bits per heavy atom. The van der Waals surface area contributed by atoms with Crippen LogP contribution in [0, 0.1) is 0 Å². The molecule has 2 aromatic heterocycles. The molecule has 0 aliphatic carbocycles. The van der Waals surface area contributed by atoms with Crippen molar-refractivity contribution in [3.63, 3.8) is 0 Å². The Labute approximate surface area is 110 Å². The van der Waals surface area contributed by atoms with Crippen molar-refractivity contribution in [2.45, 2.75) is 39.8 Å². The summed E-state index contributed by atoms with van der Waals surface area (Å²) < 4.78 is 3.63. The predicted octanol–water partition coefficient (Wildman–Crippen LogP) is 1.36. The van der Waals surface area contributed by atoms with E-state index < -0.39 is 5.97 Å². The molecule has 7 heteroatoms. The van der Waals surface area contributed by atoms with E-state index in [2.05, 4.69) is 15.3 Å². The van der Waals surface area contributed by atoms with Gasteiger partial charge in [0.15, 0.2) is 5.69 Å². The number of aromatic nitrogens is 5. The summed E-state index contributed by atoms with van der Waals surface area (Å²) in [5, 5.41) is 16.8. The molecule has 0 saturated carbocycles. The van der Waals surface area contributed by atoms with Crippen LogP contribution in [0.3, 0.4) is 0 Å². The highest BCUT2D eigenvalue weighted by molar-refractivity contribution is 5.86. The van der Waals surface area contributed by atoms with Gasteiger partial charge in [-0.05, 0) is 12.8 Å². The Hall–Kier alpha value is -2.18. The van der Waals surface area contributed by atoms with Gasteiger partial charge in [0.1, 0.15) is 0 Å². The van der Waals surface area contributed by atoms with E-state index in [1.807, 2.05) is 25.3 Å². The van der Waals surface area contributed by atoms with E-state index in [4.69, 9.17) is 5.11 Å². The van der Waals surface area contributed by atoms with E-state index in [0.717, 1.165) is 12.2 Å². The zero-order valence-corrected chi connectivity index (χ0v) is 11.2. The van der Waals surface area contributed by atoms with Gasteiger partial charge in [0.05, 0.1) is 30.5 Å². The lowest BCUT2D eigenvalue weighted by Gasteiger charge is -2.10. The monoisotopic (exact) mass is 263 g/mol. The van der Waals surface area contributed by atoms with Gasteiger partial charge >= 0.3 is 5.97 Å². The van der Waals surface area contributed by atoms with Crippen molar-refractivity contribution in [2.24, 2.45) is 0 Å². The van der Waals surface area contributed by atoms with Crippen LogP contribution in [0.15, 0.2) is 12.5 Å². The summed E-state index contributed by atoms with van der Waals surface area (Å²) in [5.74, 6) is -1.00. The Balaban J connectivity index is 2.38. The molecule has 0 spiro atoms. The number of hydrogen-bond donors (Lipinski definition) is 1. The molecule has 1 N–H and O–H groups in total. The van der Waals surface area contributed by atoms with Crippen molar-refractivity contribution >= 4 is 5.97 Å². The van der Waals surface area contributed by atoms with Crippen LogP contribution in [0.4, 0.5) is 0 Å². The smallest absolute Gasteiger partial charge is 0.358 e. The molecule has 0 fully saturated rings. The van der Waals surface area contributed by atoms with Crippen LogP contribution in [0.1, 0.15) is 48.6 Å². The number of carboxylic acid groups (broad SMARTS) is 1. The number of carbonyl (C=O) groups is 1. The highest BCUT2D eigenvalue weighted by Gasteiger charge is 2.21. The molecule has 0 unspecified atom stereocenters. The second-order valence-electron chi connectivity index (χ2n) is 4.61. The second kappa shape index (κ2) is 5.21. The van der Waals surface area contributed by atoms with Crippen LogP contribution in [-0.2, 0) is 13.1 Å². The molecule has 0 bridgehead atoms. The molecule has 0 radical (unpaired) electrons. The summed E-state index contributed by atoms with van der Waals surface area (Å²) in [5.41, 5.74) is 1.64. The first kappa shape index (κ1) is 13.3. The maximum atomic E-state index is 11.1. The molecule has 19 heavy (non-hydrogen) atoms. The summed E-state index contributed by atoms with van der Waals surface area (Å²) in [6, 6.07) is 0. The number of carboxylic acids is 1. The third-order valence-corrected chi connectivity index (χ3v) is 2.97. The predicted molar refractivity (Wildman–Crippen MR) is 68.1 cm³/mol. The maximum absolute atomic E-state index is 11.1. The molecule has 2 aromatic rings. The molecule has 0 saturated heterocycles. The van der Waals surface area contributed by atoms with Crippen molar-refractivity contribution in [2.75, 3.05) is 0 Å². The summed E-state index contributed by atoms with van der Waals surface area (Å²) >= 11 is 0. The van der Waals surface area contributed by atoms with Crippen LogP contribution in [0.2, 0.25) is 0 Å². The second-order valence-corrected chi connectivity index (χ2v) is 4.61. The minimum Gasteiger partial charge on any atom is -0.476 e. The number of nitrogens with zero attached hydrogens (tertiary/aromatic N) is 5. The SMILES string of the molecule is CCn1cncc1Cn1nnc(C(=O)O)c1C(C)C. The van der Waals surface area contributed by atoms with Gasteiger partial charge in [-0.3, -0.25) is 0 Å². The van der Waals surface area contributed by atoms with Crippen molar-refractivity contribution in [3.05, 3.63) is 29.6 Å². The third-order valence-electron chi connectivity index (χ3n) is 2.97. The molecule has 0 aliphatic heterocycles. The van der Waals surface area contributed by atoms with Gasteiger partial charge < -0.3 is 9.67 Å². The number of aromatic carboxylic acids is 1. The van der Waals surface area contributed by atoms with Crippen molar-refractivity contribution in [1.29, 1.82) is 0 Å². The van der Waals surface area contributed by atoms with Gasteiger partial charge in [0, 0.05) is 6.54 Å². The minimum atomic E-state index is -1.04. The first-order valence-corrected chi connectivity index (χ1v) is 6.20. The van der Waals surface area contributed by atoms with Crippen molar-refractivity contribution in [3.8, 4) is 0 Å². The van der Waals surface area contributed by atoms with Crippen LogP contribution >= 0.6 is 0 Å². The van der Waals surface area contributed by atoms with Crippen LogP contribution in [-0.4, -0.2) is 35.6 Å². The fraction of sp³-hybridized carbons (Fsp3) is 0.500. The molecule has 0 aliphatic rings. The van der Waals surface area contributed by atoms with Crippen LogP contribution < -0.4 is 0 Å². The van der Waals surface area contributed by atoms with Gasteiger partial charge in [-0.1, -0.05) is 19.1 Å². The summed E-state index contributed by atoms with van der Waals surface area (Å²) in [7, 11) is 0. The Morgan fingerprint density at radius 3 is 2.79 bits per heavy atom. The first-order chi connectivity index (χ1) is 9.04. The van der Waals surface area contributed by atoms with Crippen LogP contribution in [0.25, 0.3) is 0 Å². The van der Waals surface area contributed by atoms with E-state index >= 15 is 0 Å². The molecule has 0 atom stereocenters. The molecular weight excluding hydrogens is 246 g/mol. The molecule has 2 heterocycles. The highest BCUT2D eigenvalue weighted by Crippen LogP contribution is 2.18. The summed E-state index contributed by atoms with van der Waals surface area (Å²) in [6.45, 7) is 7.17. The number of hydrogen-bond acceptors (Lipinski definition) is 4. The van der Waals surface area contributed by atoms with E-state index in [1.54, 1.807) is 17.2 Å². The van der Waals surface area contributed by atoms with E-state index in [1.165, 1.54) is 0 Å². The van der Waals surface area contributed by atoms with Crippen molar-refractivity contribution in [1.82, 2.24) is 24.5 Å². The quantitative estimate of drug-likeness (QED) is 0.880. The fourth-order valence-corrected chi connectivity index (χ4v) is 2.08. The maximum Gasteiger partial charge on any atom is 0.358 e. The molecular formula is C12H17N5O2. The van der Waals surface area contributed by atoms with Gasteiger partial charge in [-0.25, -0.2) is 14.5 Å². The lowest BCUT2D eigenvalue weighted by Crippen LogP contribution is -2.13. The number of imidazole rings is 1. The van der Waals surface area contributed by atoms with Crippen LogP contribution in [0.5, 0.6) is 0 Å². The first-order valence-electron chi connectivity index (χ1n) is 6.20. The number of aryl methyl sites for hydroxylation is 1. The summed E-state index contributed by atoms with van der Waals surface area (Å²) in [4.78, 5) is 15.2. The number of rotatable bonds is 5.